The van der Waals surface area contributed by atoms with E-state index in [1.165, 1.54) is 5.56 Å². The van der Waals surface area contributed by atoms with Gasteiger partial charge in [0.05, 0.1) is 6.54 Å². The maximum atomic E-state index is 12.5. The van der Waals surface area contributed by atoms with Crippen LogP contribution in [0.3, 0.4) is 0 Å². The van der Waals surface area contributed by atoms with Gasteiger partial charge < -0.3 is 9.47 Å². The first-order valence-corrected chi connectivity index (χ1v) is 9.68. The van der Waals surface area contributed by atoms with Crippen molar-refractivity contribution in [3.63, 3.8) is 0 Å². The van der Waals surface area contributed by atoms with E-state index >= 15 is 0 Å². The molecule has 1 heterocycles. The van der Waals surface area contributed by atoms with Crippen LogP contribution in [0.15, 0.2) is 42.6 Å². The van der Waals surface area contributed by atoms with Crippen LogP contribution in [0.4, 0.5) is 0 Å². The highest BCUT2D eigenvalue weighted by Crippen LogP contribution is 2.15. The Hall–Kier alpha value is -1.74. The maximum absolute atomic E-state index is 12.5. The molecule has 0 saturated carbocycles. The van der Waals surface area contributed by atoms with E-state index in [1.54, 1.807) is 0 Å². The Balaban J connectivity index is 2.04. The Morgan fingerprint density at radius 3 is 2.68 bits per heavy atom. The standard InChI is InChI=1S/C21H29ClN2O/c1-3-5-6-12-21(25)24(13-4-2)17-20-11-8-14-23(20)16-18-9-7-10-19(22)15-18/h7-11,14-15H,3-6,12-13,16-17H2,1-2H3. The normalized spacial score (nSPS) is 10.8. The average Bonchev–Trinajstić information content (AvgIpc) is 3.01. The number of hydrogen-bond acceptors (Lipinski definition) is 1. The Morgan fingerprint density at radius 2 is 1.96 bits per heavy atom. The quantitative estimate of drug-likeness (QED) is 0.513. The maximum Gasteiger partial charge on any atom is 0.222 e. The molecule has 0 saturated heterocycles. The van der Waals surface area contributed by atoms with Crippen molar-refractivity contribution in [3.8, 4) is 0 Å². The third-order valence-corrected chi connectivity index (χ3v) is 4.59. The van der Waals surface area contributed by atoms with Crippen molar-refractivity contribution in [2.45, 2.75) is 59.0 Å². The second-order valence-corrected chi connectivity index (χ2v) is 6.97. The molecule has 25 heavy (non-hydrogen) atoms. The summed E-state index contributed by atoms with van der Waals surface area (Å²) in [4.78, 5) is 14.5. The van der Waals surface area contributed by atoms with Crippen molar-refractivity contribution in [2.75, 3.05) is 6.54 Å². The number of unbranched alkanes of at least 4 members (excludes halogenated alkanes) is 2. The molecule has 0 unspecified atom stereocenters. The molecule has 3 nitrogen and oxygen atoms in total. The minimum atomic E-state index is 0.269. The first kappa shape index (κ1) is 19.6. The number of halogens is 1. The van der Waals surface area contributed by atoms with Crippen molar-refractivity contribution in [1.29, 1.82) is 0 Å². The number of amides is 1. The number of carbonyl (C=O) groups excluding carboxylic acids is 1. The number of rotatable bonds is 10. The molecular weight excluding hydrogens is 332 g/mol. The molecule has 2 aromatic rings. The lowest BCUT2D eigenvalue weighted by Gasteiger charge is -2.23. The van der Waals surface area contributed by atoms with Crippen LogP contribution in [0.5, 0.6) is 0 Å². The minimum absolute atomic E-state index is 0.269. The molecule has 0 aliphatic rings. The predicted octanol–water partition coefficient (Wildman–Crippen LogP) is 5.51. The zero-order chi connectivity index (χ0) is 18.1. The van der Waals surface area contributed by atoms with E-state index in [9.17, 15) is 4.79 Å². The average molecular weight is 361 g/mol. The molecule has 0 N–H and O–H groups in total. The molecule has 4 heteroatoms. The van der Waals surface area contributed by atoms with Gasteiger partial charge in [0.25, 0.3) is 0 Å². The topological polar surface area (TPSA) is 25.2 Å². The van der Waals surface area contributed by atoms with Gasteiger partial charge in [0.2, 0.25) is 5.91 Å². The highest BCUT2D eigenvalue weighted by Gasteiger charge is 2.14. The van der Waals surface area contributed by atoms with Crippen LogP contribution >= 0.6 is 11.6 Å². The summed E-state index contributed by atoms with van der Waals surface area (Å²) >= 11 is 6.09. The van der Waals surface area contributed by atoms with E-state index in [0.717, 1.165) is 49.5 Å². The van der Waals surface area contributed by atoms with Crippen LogP contribution in [0.2, 0.25) is 5.02 Å². The van der Waals surface area contributed by atoms with Crippen molar-refractivity contribution in [2.24, 2.45) is 0 Å². The summed E-state index contributed by atoms with van der Waals surface area (Å²) in [7, 11) is 0. The van der Waals surface area contributed by atoms with E-state index in [1.807, 2.05) is 29.2 Å². The summed E-state index contributed by atoms with van der Waals surface area (Å²) in [5.74, 6) is 0.269. The fraction of sp³-hybridized carbons (Fsp3) is 0.476. The molecule has 0 fully saturated rings. The third-order valence-electron chi connectivity index (χ3n) is 4.36. The summed E-state index contributed by atoms with van der Waals surface area (Å²) in [6.45, 7) is 6.54. The molecular formula is C21H29ClN2O. The van der Waals surface area contributed by atoms with Crippen LogP contribution in [0, 0.1) is 0 Å². The molecule has 1 aromatic heterocycles. The Morgan fingerprint density at radius 1 is 1.12 bits per heavy atom. The summed E-state index contributed by atoms with van der Waals surface area (Å²) < 4.78 is 2.20. The second kappa shape index (κ2) is 10.3. The van der Waals surface area contributed by atoms with Gasteiger partial charge in [-0.1, -0.05) is 50.4 Å². The molecule has 0 radical (unpaired) electrons. The summed E-state index contributed by atoms with van der Waals surface area (Å²) in [6.07, 6.45) is 6.96. The van der Waals surface area contributed by atoms with Gasteiger partial charge in [0.1, 0.15) is 0 Å². The summed E-state index contributed by atoms with van der Waals surface area (Å²) in [5, 5.41) is 0.755. The van der Waals surface area contributed by atoms with Gasteiger partial charge in [-0.15, -0.1) is 0 Å². The smallest absolute Gasteiger partial charge is 0.222 e. The molecule has 2 rings (SSSR count). The van der Waals surface area contributed by atoms with E-state index in [-0.39, 0.29) is 5.91 Å². The van der Waals surface area contributed by atoms with Gasteiger partial charge in [0, 0.05) is 36.4 Å². The lowest BCUT2D eigenvalue weighted by molar-refractivity contribution is -0.132. The lowest BCUT2D eigenvalue weighted by atomic mass is 10.2. The van der Waals surface area contributed by atoms with Crippen molar-refractivity contribution >= 4 is 17.5 Å². The van der Waals surface area contributed by atoms with Gasteiger partial charge in [-0.3, -0.25) is 4.79 Å². The Labute approximate surface area is 156 Å². The molecule has 0 spiro atoms. The molecule has 0 bridgehead atoms. The minimum Gasteiger partial charge on any atom is -0.345 e. The van der Waals surface area contributed by atoms with E-state index in [0.29, 0.717) is 13.0 Å². The number of carbonyl (C=O) groups is 1. The fourth-order valence-electron chi connectivity index (χ4n) is 3.02. The van der Waals surface area contributed by atoms with E-state index in [4.69, 9.17) is 11.6 Å². The van der Waals surface area contributed by atoms with E-state index < -0.39 is 0 Å². The fourth-order valence-corrected chi connectivity index (χ4v) is 3.23. The SMILES string of the molecule is CCCCCC(=O)N(CCC)Cc1cccn1Cc1cccc(Cl)c1. The molecule has 1 amide bonds. The largest absolute Gasteiger partial charge is 0.345 e. The first-order valence-electron chi connectivity index (χ1n) is 9.30. The summed E-state index contributed by atoms with van der Waals surface area (Å²) in [5.41, 5.74) is 2.33. The first-order chi connectivity index (χ1) is 12.1. The Kier molecular flexibility index (Phi) is 8.07. The molecule has 1 aromatic carbocycles. The number of aromatic nitrogens is 1. The second-order valence-electron chi connectivity index (χ2n) is 6.53. The van der Waals surface area contributed by atoms with Crippen molar-refractivity contribution in [1.82, 2.24) is 9.47 Å². The molecule has 0 aliphatic heterocycles. The monoisotopic (exact) mass is 360 g/mol. The Bertz CT molecular complexity index is 665. The van der Waals surface area contributed by atoms with Gasteiger partial charge >= 0.3 is 0 Å². The summed E-state index contributed by atoms with van der Waals surface area (Å²) in [6, 6.07) is 12.1. The van der Waals surface area contributed by atoms with Crippen LogP contribution in [0.1, 0.15) is 57.2 Å². The van der Waals surface area contributed by atoms with Gasteiger partial charge in [-0.25, -0.2) is 0 Å². The van der Waals surface area contributed by atoms with E-state index in [2.05, 4.69) is 36.7 Å². The van der Waals surface area contributed by atoms with Gasteiger partial charge in [-0.2, -0.15) is 0 Å². The molecule has 136 valence electrons. The zero-order valence-electron chi connectivity index (χ0n) is 15.4. The van der Waals surface area contributed by atoms with Crippen LogP contribution < -0.4 is 0 Å². The van der Waals surface area contributed by atoms with Crippen molar-refractivity contribution in [3.05, 3.63) is 58.9 Å². The zero-order valence-corrected chi connectivity index (χ0v) is 16.1. The van der Waals surface area contributed by atoms with Gasteiger partial charge in [0.15, 0.2) is 0 Å². The highest BCUT2D eigenvalue weighted by molar-refractivity contribution is 6.30. The highest BCUT2D eigenvalue weighted by atomic mass is 35.5. The van der Waals surface area contributed by atoms with Crippen LogP contribution in [-0.4, -0.2) is 21.9 Å². The van der Waals surface area contributed by atoms with Gasteiger partial charge in [-0.05, 0) is 42.7 Å². The molecule has 0 aliphatic carbocycles. The van der Waals surface area contributed by atoms with Crippen molar-refractivity contribution < 1.29 is 4.79 Å². The number of benzene rings is 1. The molecule has 0 atom stereocenters. The third kappa shape index (κ3) is 6.24. The lowest BCUT2D eigenvalue weighted by Crippen LogP contribution is -2.32. The van der Waals surface area contributed by atoms with Crippen LogP contribution in [0.25, 0.3) is 0 Å². The number of nitrogens with zero attached hydrogens (tertiary/aromatic N) is 2. The van der Waals surface area contributed by atoms with Crippen LogP contribution in [-0.2, 0) is 17.9 Å². The predicted molar refractivity (Wildman–Crippen MR) is 105 cm³/mol. The number of hydrogen-bond donors (Lipinski definition) is 0.